The van der Waals surface area contributed by atoms with Gasteiger partial charge in [-0.15, -0.1) is 11.3 Å². The van der Waals surface area contributed by atoms with Crippen LogP contribution in [-0.2, 0) is 17.8 Å². The molecule has 0 unspecified atom stereocenters. The maximum Gasteiger partial charge on any atom is 0.367 e. The zero-order valence-corrected chi connectivity index (χ0v) is 13.5. The zero-order valence-electron chi connectivity index (χ0n) is 12.7. The third-order valence-electron chi connectivity index (χ3n) is 3.04. The van der Waals surface area contributed by atoms with Crippen molar-refractivity contribution in [1.29, 1.82) is 0 Å². The van der Waals surface area contributed by atoms with E-state index < -0.39 is 0 Å². The van der Waals surface area contributed by atoms with Crippen LogP contribution in [-0.4, -0.2) is 34.7 Å². The molecule has 0 radical (unpaired) electrons. The molecule has 2 aromatic rings. The maximum absolute atomic E-state index is 11.6. The van der Waals surface area contributed by atoms with Crippen molar-refractivity contribution in [1.82, 2.24) is 15.0 Å². The number of carbonyl (C=O) groups excluding carboxylic acids is 1. The third-order valence-corrected chi connectivity index (χ3v) is 3.91. The van der Waals surface area contributed by atoms with Crippen molar-refractivity contribution in [3.63, 3.8) is 0 Å². The first-order chi connectivity index (χ1) is 10.0. The quantitative estimate of drug-likeness (QED) is 0.764. The van der Waals surface area contributed by atoms with Gasteiger partial charge in [-0.05, 0) is 27.8 Å². The number of nitrogens with zero attached hydrogens (tertiary/aromatic N) is 3. The average Bonchev–Trinajstić information content (AvgIpc) is 3.01. The molecule has 0 aromatic carbocycles. The highest BCUT2D eigenvalue weighted by Crippen LogP contribution is 2.17. The first kappa shape index (κ1) is 15.7. The molecular formula is C14H19N3O3S. The monoisotopic (exact) mass is 309 g/mol. The fourth-order valence-electron chi connectivity index (χ4n) is 2.00. The lowest BCUT2D eigenvalue weighted by Crippen LogP contribution is -2.18. The number of aromatic nitrogens is 2. The molecule has 0 aliphatic carbocycles. The molecule has 7 heteroatoms. The van der Waals surface area contributed by atoms with Crippen molar-refractivity contribution in [2.24, 2.45) is 0 Å². The Bertz CT molecular complexity index is 601. The van der Waals surface area contributed by atoms with E-state index in [0.717, 1.165) is 29.3 Å². The summed E-state index contributed by atoms with van der Waals surface area (Å²) in [6, 6.07) is 0. The predicted octanol–water partition coefficient (Wildman–Crippen LogP) is 2.56. The van der Waals surface area contributed by atoms with E-state index in [9.17, 15) is 4.79 Å². The maximum atomic E-state index is 11.6. The van der Waals surface area contributed by atoms with Gasteiger partial charge in [-0.25, -0.2) is 9.78 Å². The largest absolute Gasteiger partial charge is 0.461 e. The summed E-state index contributed by atoms with van der Waals surface area (Å²) in [5.74, 6) is 0.479. The van der Waals surface area contributed by atoms with Gasteiger partial charge in [0, 0.05) is 24.0 Å². The van der Waals surface area contributed by atoms with Crippen LogP contribution >= 0.6 is 11.3 Å². The molecule has 2 aromatic heterocycles. The number of carbonyl (C=O) groups is 1. The summed E-state index contributed by atoms with van der Waals surface area (Å²) in [6.45, 7) is 7.36. The Morgan fingerprint density at radius 3 is 2.81 bits per heavy atom. The van der Waals surface area contributed by atoms with Crippen LogP contribution in [0.25, 0.3) is 0 Å². The number of hydrogen-bond acceptors (Lipinski definition) is 7. The topological polar surface area (TPSA) is 68.5 Å². The fraction of sp³-hybridized carbons (Fsp3) is 0.500. The minimum Gasteiger partial charge on any atom is -0.461 e. The Balaban J connectivity index is 1.97. The number of esters is 1. The molecule has 21 heavy (non-hydrogen) atoms. The minimum atomic E-state index is -0.359. The lowest BCUT2D eigenvalue weighted by molar-refractivity contribution is 0.0525. The molecule has 0 N–H and O–H groups in total. The normalized spacial score (nSPS) is 11.1. The molecule has 0 bridgehead atoms. The summed E-state index contributed by atoms with van der Waals surface area (Å²) in [4.78, 5) is 18.0. The van der Waals surface area contributed by atoms with Gasteiger partial charge in [-0.3, -0.25) is 4.90 Å². The standard InChI is InChI=1S/C14H19N3O3S/c1-5-19-14(18)13-15-11(8-21-13)6-17(4)7-12-9(2)16-20-10(12)3/h8H,5-7H2,1-4H3. The highest BCUT2D eigenvalue weighted by molar-refractivity contribution is 7.11. The van der Waals surface area contributed by atoms with Gasteiger partial charge < -0.3 is 9.26 Å². The minimum absolute atomic E-state index is 0.359. The smallest absolute Gasteiger partial charge is 0.367 e. The van der Waals surface area contributed by atoms with Crippen LogP contribution in [0.3, 0.4) is 0 Å². The second kappa shape index (κ2) is 6.82. The molecule has 0 atom stereocenters. The Morgan fingerprint density at radius 1 is 1.43 bits per heavy atom. The molecule has 0 amide bonds. The molecule has 114 valence electrons. The third kappa shape index (κ3) is 3.89. The van der Waals surface area contributed by atoms with Crippen LogP contribution in [0.5, 0.6) is 0 Å². The molecule has 0 saturated heterocycles. The molecule has 0 aliphatic rings. The van der Waals surface area contributed by atoms with Crippen molar-refractivity contribution < 1.29 is 14.1 Å². The number of aryl methyl sites for hydroxylation is 2. The average molecular weight is 309 g/mol. The van der Waals surface area contributed by atoms with Gasteiger partial charge in [0.1, 0.15) is 5.76 Å². The lowest BCUT2D eigenvalue weighted by atomic mass is 10.2. The number of hydrogen-bond donors (Lipinski definition) is 0. The molecule has 6 nitrogen and oxygen atoms in total. The summed E-state index contributed by atoms with van der Waals surface area (Å²) < 4.78 is 10.1. The highest BCUT2D eigenvalue weighted by atomic mass is 32.1. The van der Waals surface area contributed by atoms with Gasteiger partial charge in [0.2, 0.25) is 5.01 Å². The number of rotatable bonds is 6. The highest BCUT2D eigenvalue weighted by Gasteiger charge is 2.15. The first-order valence-electron chi connectivity index (χ1n) is 6.73. The number of ether oxygens (including phenoxy) is 1. The number of thiazole rings is 1. The van der Waals surface area contributed by atoms with Gasteiger partial charge in [-0.1, -0.05) is 5.16 Å². The van der Waals surface area contributed by atoms with E-state index in [1.807, 2.05) is 26.3 Å². The van der Waals surface area contributed by atoms with Crippen molar-refractivity contribution in [2.75, 3.05) is 13.7 Å². The van der Waals surface area contributed by atoms with Crippen LogP contribution in [0.2, 0.25) is 0 Å². The van der Waals surface area contributed by atoms with Gasteiger partial charge in [0.15, 0.2) is 0 Å². The molecule has 0 saturated carbocycles. The van der Waals surface area contributed by atoms with Crippen LogP contribution < -0.4 is 0 Å². The van der Waals surface area contributed by atoms with E-state index >= 15 is 0 Å². The van der Waals surface area contributed by atoms with E-state index in [1.165, 1.54) is 11.3 Å². The summed E-state index contributed by atoms with van der Waals surface area (Å²) in [5.41, 5.74) is 2.86. The van der Waals surface area contributed by atoms with Crippen molar-refractivity contribution in [3.05, 3.63) is 33.1 Å². The van der Waals surface area contributed by atoms with E-state index in [4.69, 9.17) is 9.26 Å². The zero-order chi connectivity index (χ0) is 15.4. The van der Waals surface area contributed by atoms with E-state index in [-0.39, 0.29) is 5.97 Å². The fourth-order valence-corrected chi connectivity index (χ4v) is 2.70. The van der Waals surface area contributed by atoms with Crippen molar-refractivity contribution in [2.45, 2.75) is 33.9 Å². The Morgan fingerprint density at radius 2 is 2.19 bits per heavy atom. The lowest BCUT2D eigenvalue weighted by Gasteiger charge is -2.14. The van der Waals surface area contributed by atoms with Crippen LogP contribution in [0.1, 0.15) is 39.4 Å². The molecular weight excluding hydrogens is 290 g/mol. The van der Waals surface area contributed by atoms with Crippen LogP contribution in [0.4, 0.5) is 0 Å². The second-order valence-corrected chi connectivity index (χ2v) is 5.70. The Hall–Kier alpha value is -1.73. The van der Waals surface area contributed by atoms with Crippen molar-refractivity contribution in [3.8, 4) is 0 Å². The summed E-state index contributed by atoms with van der Waals surface area (Å²) in [6.07, 6.45) is 0. The van der Waals surface area contributed by atoms with Gasteiger partial charge in [0.05, 0.1) is 18.0 Å². The molecule has 2 heterocycles. The molecule has 0 aliphatic heterocycles. The Labute approximate surface area is 127 Å². The SMILES string of the molecule is CCOC(=O)c1nc(CN(C)Cc2c(C)noc2C)cs1. The predicted molar refractivity (Wildman–Crippen MR) is 79.2 cm³/mol. The van der Waals surface area contributed by atoms with Crippen molar-refractivity contribution >= 4 is 17.3 Å². The van der Waals surface area contributed by atoms with Crippen LogP contribution in [0.15, 0.2) is 9.90 Å². The van der Waals surface area contributed by atoms with E-state index in [1.54, 1.807) is 6.92 Å². The van der Waals surface area contributed by atoms with Gasteiger partial charge in [0.25, 0.3) is 0 Å². The summed E-state index contributed by atoms with van der Waals surface area (Å²) in [7, 11) is 2.00. The molecule has 0 spiro atoms. The summed E-state index contributed by atoms with van der Waals surface area (Å²) >= 11 is 1.31. The first-order valence-corrected chi connectivity index (χ1v) is 7.61. The Kier molecular flexibility index (Phi) is 5.08. The molecule has 0 fully saturated rings. The van der Waals surface area contributed by atoms with E-state index in [0.29, 0.717) is 18.2 Å². The second-order valence-electron chi connectivity index (χ2n) is 4.84. The summed E-state index contributed by atoms with van der Waals surface area (Å²) in [5, 5.41) is 6.23. The van der Waals surface area contributed by atoms with E-state index in [2.05, 4.69) is 15.0 Å². The molecule has 2 rings (SSSR count). The van der Waals surface area contributed by atoms with Crippen LogP contribution in [0, 0.1) is 13.8 Å². The van der Waals surface area contributed by atoms with Gasteiger partial charge >= 0.3 is 5.97 Å². The van der Waals surface area contributed by atoms with Gasteiger partial charge in [-0.2, -0.15) is 0 Å².